The molecule has 6 heteroatoms. The molecule has 1 amide bonds. The number of anilines is 2. The number of nitrogens with one attached hydrogen (secondary N) is 1. The van der Waals surface area contributed by atoms with Gasteiger partial charge in [-0.15, -0.1) is 0 Å². The number of aromatic nitrogens is 2. The summed E-state index contributed by atoms with van der Waals surface area (Å²) in [5, 5.41) is 3.44. The molecule has 2 heterocycles. The highest BCUT2D eigenvalue weighted by molar-refractivity contribution is 7.19. The van der Waals surface area contributed by atoms with Crippen molar-refractivity contribution in [1.29, 1.82) is 0 Å². The van der Waals surface area contributed by atoms with Gasteiger partial charge in [-0.1, -0.05) is 17.4 Å². The van der Waals surface area contributed by atoms with E-state index >= 15 is 0 Å². The molecule has 0 radical (unpaired) electrons. The highest BCUT2D eigenvalue weighted by Gasteiger charge is 2.13. The van der Waals surface area contributed by atoms with E-state index in [1.807, 2.05) is 68.4 Å². The number of carbonyl (C=O) groups excluding carboxylic acids is 1. The minimum Gasteiger partial charge on any atom is -0.378 e. The maximum atomic E-state index is 12.4. The van der Waals surface area contributed by atoms with Gasteiger partial charge in [-0.25, -0.2) is 4.98 Å². The zero-order chi connectivity index (χ0) is 17.1. The van der Waals surface area contributed by atoms with Crippen LogP contribution in [0.2, 0.25) is 0 Å². The van der Waals surface area contributed by atoms with E-state index in [2.05, 4.69) is 15.3 Å². The number of hydrogen-bond acceptors (Lipinski definition) is 5. The number of thiazole rings is 1. The molecule has 0 saturated carbocycles. The van der Waals surface area contributed by atoms with Crippen LogP contribution in [0.25, 0.3) is 10.6 Å². The van der Waals surface area contributed by atoms with Crippen molar-refractivity contribution in [2.75, 3.05) is 24.3 Å². The molecule has 2 aromatic heterocycles. The van der Waals surface area contributed by atoms with Gasteiger partial charge in [0.05, 0.1) is 16.3 Å². The molecule has 0 atom stereocenters. The van der Waals surface area contributed by atoms with Crippen LogP contribution in [0.4, 0.5) is 10.8 Å². The van der Waals surface area contributed by atoms with Crippen molar-refractivity contribution in [3.05, 3.63) is 59.9 Å². The molecule has 1 aromatic carbocycles. The van der Waals surface area contributed by atoms with Crippen molar-refractivity contribution >= 4 is 28.1 Å². The standard InChI is InChI=1S/C18H18N4OS/c1-12-16(15-6-4-5-11-19-15)24-18(20-12)21-17(23)13-7-9-14(10-8-13)22(2)3/h4-11H,1-3H3,(H,20,21,23). The topological polar surface area (TPSA) is 58.1 Å². The van der Waals surface area contributed by atoms with Gasteiger partial charge in [0, 0.05) is 31.5 Å². The Labute approximate surface area is 145 Å². The summed E-state index contributed by atoms with van der Waals surface area (Å²) < 4.78 is 0. The molecule has 0 aliphatic rings. The van der Waals surface area contributed by atoms with Crippen LogP contribution in [-0.2, 0) is 0 Å². The van der Waals surface area contributed by atoms with Gasteiger partial charge >= 0.3 is 0 Å². The first-order chi connectivity index (χ1) is 11.5. The zero-order valence-corrected chi connectivity index (χ0v) is 14.6. The van der Waals surface area contributed by atoms with Crippen molar-refractivity contribution in [2.24, 2.45) is 0 Å². The van der Waals surface area contributed by atoms with Gasteiger partial charge in [0.25, 0.3) is 5.91 Å². The van der Waals surface area contributed by atoms with E-state index < -0.39 is 0 Å². The van der Waals surface area contributed by atoms with Crippen LogP contribution in [0.5, 0.6) is 0 Å². The summed E-state index contributed by atoms with van der Waals surface area (Å²) in [6.45, 7) is 1.92. The first-order valence-electron chi connectivity index (χ1n) is 7.52. The minimum absolute atomic E-state index is 0.165. The molecule has 0 aliphatic heterocycles. The summed E-state index contributed by atoms with van der Waals surface area (Å²) in [5.74, 6) is -0.165. The SMILES string of the molecule is Cc1nc(NC(=O)c2ccc(N(C)C)cc2)sc1-c1ccccn1. The molecular formula is C18H18N4OS. The zero-order valence-electron chi connectivity index (χ0n) is 13.8. The van der Waals surface area contributed by atoms with Crippen LogP contribution in [0.1, 0.15) is 16.1 Å². The molecule has 24 heavy (non-hydrogen) atoms. The smallest absolute Gasteiger partial charge is 0.257 e. The predicted octanol–water partition coefficient (Wildman–Crippen LogP) is 3.83. The molecule has 5 nitrogen and oxygen atoms in total. The predicted molar refractivity (Wildman–Crippen MR) is 98.8 cm³/mol. The molecule has 122 valence electrons. The second kappa shape index (κ2) is 6.80. The van der Waals surface area contributed by atoms with Crippen LogP contribution >= 0.6 is 11.3 Å². The summed E-state index contributed by atoms with van der Waals surface area (Å²) in [5.41, 5.74) is 3.38. The first kappa shape index (κ1) is 16.1. The number of amides is 1. The maximum absolute atomic E-state index is 12.4. The van der Waals surface area contributed by atoms with Crippen LogP contribution in [-0.4, -0.2) is 30.0 Å². The quantitative estimate of drug-likeness (QED) is 0.785. The van der Waals surface area contributed by atoms with Crippen LogP contribution in [0.15, 0.2) is 48.7 Å². The average molecular weight is 338 g/mol. The third-order valence-electron chi connectivity index (χ3n) is 3.56. The minimum atomic E-state index is -0.165. The molecule has 0 aliphatic carbocycles. The Bertz CT molecular complexity index is 841. The largest absolute Gasteiger partial charge is 0.378 e. The molecule has 0 spiro atoms. The van der Waals surface area contributed by atoms with Gasteiger partial charge in [0.15, 0.2) is 5.13 Å². The average Bonchev–Trinajstić information content (AvgIpc) is 2.96. The fraction of sp³-hybridized carbons (Fsp3) is 0.167. The van der Waals surface area contributed by atoms with Crippen LogP contribution in [0.3, 0.4) is 0 Å². The lowest BCUT2D eigenvalue weighted by molar-refractivity contribution is 0.102. The lowest BCUT2D eigenvalue weighted by atomic mass is 10.2. The van der Waals surface area contributed by atoms with Crippen molar-refractivity contribution in [3.8, 4) is 10.6 Å². The van der Waals surface area contributed by atoms with E-state index in [-0.39, 0.29) is 5.91 Å². The number of pyridine rings is 1. The lowest BCUT2D eigenvalue weighted by Crippen LogP contribution is -2.13. The number of nitrogens with zero attached hydrogens (tertiary/aromatic N) is 3. The summed E-state index contributed by atoms with van der Waals surface area (Å²) in [6, 6.07) is 13.2. The fourth-order valence-corrected chi connectivity index (χ4v) is 3.20. The Hall–Kier alpha value is -2.73. The molecule has 0 fully saturated rings. The van der Waals surface area contributed by atoms with Gasteiger partial charge in [0.2, 0.25) is 0 Å². The summed E-state index contributed by atoms with van der Waals surface area (Å²) >= 11 is 1.43. The van der Waals surface area contributed by atoms with E-state index in [4.69, 9.17) is 0 Å². The van der Waals surface area contributed by atoms with Crippen LogP contribution < -0.4 is 10.2 Å². The second-order valence-electron chi connectivity index (χ2n) is 5.54. The number of benzene rings is 1. The third-order valence-corrected chi connectivity index (χ3v) is 4.66. The molecule has 1 N–H and O–H groups in total. The van der Waals surface area contributed by atoms with Gasteiger partial charge in [-0.3, -0.25) is 15.1 Å². The van der Waals surface area contributed by atoms with Gasteiger partial charge in [-0.05, 0) is 43.3 Å². The monoisotopic (exact) mass is 338 g/mol. The Balaban J connectivity index is 1.78. The van der Waals surface area contributed by atoms with E-state index in [0.29, 0.717) is 10.7 Å². The molecule has 0 unspecified atom stereocenters. The number of carbonyl (C=O) groups is 1. The second-order valence-corrected chi connectivity index (χ2v) is 6.54. The fourth-order valence-electron chi connectivity index (χ4n) is 2.26. The van der Waals surface area contributed by atoms with Crippen LogP contribution in [0, 0.1) is 6.92 Å². The van der Waals surface area contributed by atoms with Gasteiger partial charge in [-0.2, -0.15) is 0 Å². The Morgan fingerprint density at radius 1 is 1.12 bits per heavy atom. The highest BCUT2D eigenvalue weighted by Crippen LogP contribution is 2.31. The molecule has 3 aromatic rings. The summed E-state index contributed by atoms with van der Waals surface area (Å²) in [6.07, 6.45) is 1.75. The summed E-state index contributed by atoms with van der Waals surface area (Å²) in [7, 11) is 3.93. The van der Waals surface area contributed by atoms with E-state index in [1.165, 1.54) is 11.3 Å². The lowest BCUT2D eigenvalue weighted by Gasteiger charge is -2.12. The Kier molecular flexibility index (Phi) is 4.57. The van der Waals surface area contributed by atoms with Crippen molar-refractivity contribution in [3.63, 3.8) is 0 Å². The van der Waals surface area contributed by atoms with E-state index in [1.54, 1.807) is 6.20 Å². The maximum Gasteiger partial charge on any atom is 0.257 e. The molecule has 3 rings (SSSR count). The molecule has 0 saturated heterocycles. The molecular weight excluding hydrogens is 320 g/mol. The van der Waals surface area contributed by atoms with Gasteiger partial charge < -0.3 is 4.90 Å². The normalized spacial score (nSPS) is 10.5. The van der Waals surface area contributed by atoms with E-state index in [9.17, 15) is 4.79 Å². The number of hydrogen-bond donors (Lipinski definition) is 1. The van der Waals surface area contributed by atoms with Crippen molar-refractivity contribution < 1.29 is 4.79 Å². The first-order valence-corrected chi connectivity index (χ1v) is 8.34. The third kappa shape index (κ3) is 3.44. The molecule has 0 bridgehead atoms. The van der Waals surface area contributed by atoms with Crippen molar-refractivity contribution in [2.45, 2.75) is 6.92 Å². The number of aryl methyl sites for hydroxylation is 1. The van der Waals surface area contributed by atoms with E-state index in [0.717, 1.165) is 22.0 Å². The highest BCUT2D eigenvalue weighted by atomic mass is 32.1. The Morgan fingerprint density at radius 2 is 1.88 bits per heavy atom. The summed E-state index contributed by atoms with van der Waals surface area (Å²) in [4.78, 5) is 24.1. The van der Waals surface area contributed by atoms with Gasteiger partial charge in [0.1, 0.15) is 0 Å². The van der Waals surface area contributed by atoms with Crippen molar-refractivity contribution in [1.82, 2.24) is 9.97 Å². The number of rotatable bonds is 4. The Morgan fingerprint density at radius 3 is 2.50 bits per heavy atom.